The van der Waals surface area contributed by atoms with Crippen molar-refractivity contribution in [3.05, 3.63) is 44.9 Å². The van der Waals surface area contributed by atoms with E-state index in [0.29, 0.717) is 63.8 Å². The van der Waals surface area contributed by atoms with E-state index in [0.717, 1.165) is 6.42 Å². The van der Waals surface area contributed by atoms with Crippen LogP contribution < -0.4 is 21.5 Å². The highest BCUT2D eigenvalue weighted by molar-refractivity contribution is 7.20. The molecule has 1 saturated carbocycles. The van der Waals surface area contributed by atoms with Gasteiger partial charge in [-0.15, -0.1) is 11.3 Å². The van der Waals surface area contributed by atoms with Crippen LogP contribution in [-0.2, 0) is 5.66 Å². The van der Waals surface area contributed by atoms with E-state index in [1.807, 2.05) is 0 Å². The molecule has 0 atom stereocenters. The second-order valence-electron chi connectivity index (χ2n) is 9.10. The number of carboxylic acid groups (broad SMARTS) is 1. The third-order valence-corrected chi connectivity index (χ3v) is 7.88. The monoisotopic (exact) mass is 495 g/mol. The molecule has 4 N–H and O–H groups in total. The maximum absolute atomic E-state index is 13.4. The predicted octanol–water partition coefficient (Wildman–Crippen LogP) is 1.58. The lowest BCUT2D eigenvalue weighted by Crippen LogP contribution is -2.60. The summed E-state index contributed by atoms with van der Waals surface area (Å²) >= 11 is 1.21. The molecular formula is C22H21N7O5S. The van der Waals surface area contributed by atoms with Crippen LogP contribution in [0, 0.1) is 6.92 Å². The molecule has 3 amide bonds. The number of hydrogen-bond acceptors (Lipinski definition) is 8. The number of fused-ring (bicyclic) bond motifs is 3. The standard InChI is InChI=1S/C22H21N7O5S/c1-10-5-13(19(31)29-15(10)17(30)27-22(29)3-2-4-22)26-16-12-6-14(35-18(12)24-9-23-16)20(32)28-7-11(8-28)25-21(33)34/h5-6,9,11,25H,2-4,7-8H2,1H3,(H,27,30)(H,33,34)(H,23,24,26). The highest BCUT2D eigenvalue weighted by Crippen LogP contribution is 2.41. The number of thiophene rings is 1. The van der Waals surface area contributed by atoms with E-state index in [1.165, 1.54) is 17.7 Å². The Kier molecular flexibility index (Phi) is 4.61. The number of carbonyl (C=O) groups excluding carboxylic acids is 2. The highest BCUT2D eigenvalue weighted by atomic mass is 32.1. The number of nitrogens with one attached hydrogen (secondary N) is 3. The molecule has 0 bridgehead atoms. The molecule has 1 aliphatic carbocycles. The first-order chi connectivity index (χ1) is 16.8. The third-order valence-electron chi connectivity index (χ3n) is 6.85. The van der Waals surface area contributed by atoms with Gasteiger partial charge in [-0.1, -0.05) is 0 Å². The second-order valence-corrected chi connectivity index (χ2v) is 10.1. The first-order valence-electron chi connectivity index (χ1n) is 11.2. The van der Waals surface area contributed by atoms with E-state index in [9.17, 15) is 19.2 Å². The van der Waals surface area contributed by atoms with Gasteiger partial charge in [-0.2, -0.15) is 0 Å². The molecule has 0 aromatic carbocycles. The number of anilines is 2. The quantitative estimate of drug-likeness (QED) is 0.425. The number of likely N-dealkylation sites (tertiary alicyclic amines) is 1. The number of amides is 3. The summed E-state index contributed by atoms with van der Waals surface area (Å²) in [5.74, 6) is -0.0632. The molecule has 3 aromatic rings. The molecular weight excluding hydrogens is 474 g/mol. The van der Waals surface area contributed by atoms with Crippen molar-refractivity contribution >= 4 is 51.0 Å². The van der Waals surface area contributed by atoms with Gasteiger partial charge in [0.2, 0.25) is 0 Å². The lowest BCUT2D eigenvalue weighted by Gasteiger charge is -2.39. The lowest BCUT2D eigenvalue weighted by atomic mass is 9.85. The van der Waals surface area contributed by atoms with Crippen molar-refractivity contribution in [2.45, 2.75) is 37.9 Å². The van der Waals surface area contributed by atoms with Crippen molar-refractivity contribution in [2.75, 3.05) is 18.4 Å². The minimum Gasteiger partial charge on any atom is -0.465 e. The van der Waals surface area contributed by atoms with Crippen molar-refractivity contribution in [2.24, 2.45) is 0 Å². The van der Waals surface area contributed by atoms with Gasteiger partial charge >= 0.3 is 6.09 Å². The average molecular weight is 496 g/mol. The lowest BCUT2D eigenvalue weighted by molar-refractivity contribution is 0.0569. The summed E-state index contributed by atoms with van der Waals surface area (Å²) in [4.78, 5) is 60.7. The van der Waals surface area contributed by atoms with E-state index in [4.69, 9.17) is 5.11 Å². The first-order valence-corrected chi connectivity index (χ1v) is 12.0. The molecule has 6 rings (SSSR count). The zero-order valence-corrected chi connectivity index (χ0v) is 19.4. The van der Waals surface area contributed by atoms with Crippen LogP contribution in [0.25, 0.3) is 10.2 Å². The van der Waals surface area contributed by atoms with Crippen molar-refractivity contribution in [1.82, 2.24) is 30.1 Å². The maximum atomic E-state index is 13.4. The summed E-state index contributed by atoms with van der Waals surface area (Å²) in [7, 11) is 0. The fourth-order valence-electron chi connectivity index (χ4n) is 4.96. The molecule has 12 nitrogen and oxygen atoms in total. The van der Waals surface area contributed by atoms with Crippen LogP contribution in [0.4, 0.5) is 16.3 Å². The van der Waals surface area contributed by atoms with Gasteiger partial charge in [0, 0.05) is 13.1 Å². The van der Waals surface area contributed by atoms with Gasteiger partial charge in [0.1, 0.15) is 34.0 Å². The fourth-order valence-corrected chi connectivity index (χ4v) is 5.93. The molecule has 5 heterocycles. The topological polar surface area (TPSA) is 159 Å². The van der Waals surface area contributed by atoms with Crippen molar-refractivity contribution in [3.63, 3.8) is 0 Å². The number of rotatable bonds is 4. The summed E-state index contributed by atoms with van der Waals surface area (Å²) in [5.41, 5.74) is 0.404. The van der Waals surface area contributed by atoms with Crippen LogP contribution in [0.1, 0.15) is 45.0 Å². The molecule has 2 aliphatic heterocycles. The van der Waals surface area contributed by atoms with Crippen LogP contribution in [0.15, 0.2) is 23.3 Å². The smallest absolute Gasteiger partial charge is 0.405 e. The fraction of sp³-hybridized carbons (Fsp3) is 0.364. The van der Waals surface area contributed by atoms with Gasteiger partial charge in [-0.05, 0) is 43.9 Å². The number of nitrogens with zero attached hydrogens (tertiary/aromatic N) is 4. The Morgan fingerprint density at radius 2 is 2.00 bits per heavy atom. The highest BCUT2D eigenvalue weighted by Gasteiger charge is 2.48. The Labute approximate surface area is 202 Å². The Bertz CT molecular complexity index is 1490. The minimum atomic E-state index is -1.11. The van der Waals surface area contributed by atoms with Gasteiger partial charge in [-0.3, -0.25) is 19.0 Å². The number of carbonyl (C=O) groups is 3. The van der Waals surface area contributed by atoms with Crippen molar-refractivity contribution in [1.29, 1.82) is 0 Å². The molecule has 35 heavy (non-hydrogen) atoms. The van der Waals surface area contributed by atoms with Crippen LogP contribution in [0.3, 0.4) is 0 Å². The SMILES string of the molecule is Cc1cc(Nc2ncnc3sc(C(=O)N4CC(NC(=O)O)C4)cc23)c(=O)n2c1C(=O)NC21CCC1. The van der Waals surface area contributed by atoms with Crippen LogP contribution in [0.5, 0.6) is 0 Å². The van der Waals surface area contributed by atoms with Crippen LogP contribution in [-0.4, -0.2) is 61.6 Å². The Balaban J connectivity index is 1.31. The summed E-state index contributed by atoms with van der Waals surface area (Å²) in [5, 5.41) is 17.8. The molecule has 1 spiro atoms. The van der Waals surface area contributed by atoms with E-state index >= 15 is 0 Å². The molecule has 3 aliphatic rings. The van der Waals surface area contributed by atoms with Gasteiger partial charge in [0.25, 0.3) is 17.4 Å². The number of aromatic nitrogens is 3. The summed E-state index contributed by atoms with van der Waals surface area (Å²) in [6.07, 6.45) is 2.60. The van der Waals surface area contributed by atoms with Gasteiger partial charge in [0.05, 0.1) is 16.3 Å². The van der Waals surface area contributed by atoms with Crippen LogP contribution >= 0.6 is 11.3 Å². The molecule has 0 unspecified atom stereocenters. The molecule has 180 valence electrons. The zero-order valence-electron chi connectivity index (χ0n) is 18.6. The minimum absolute atomic E-state index is 0.215. The number of hydrogen-bond donors (Lipinski definition) is 4. The third kappa shape index (κ3) is 3.26. The summed E-state index contributed by atoms with van der Waals surface area (Å²) < 4.78 is 1.57. The predicted molar refractivity (Wildman–Crippen MR) is 126 cm³/mol. The maximum Gasteiger partial charge on any atom is 0.405 e. The normalized spacial score (nSPS) is 18.1. The van der Waals surface area contributed by atoms with Gasteiger partial charge in [0.15, 0.2) is 0 Å². The largest absolute Gasteiger partial charge is 0.465 e. The molecule has 0 radical (unpaired) electrons. The Hall–Kier alpha value is -4.00. The van der Waals surface area contributed by atoms with Crippen LogP contribution in [0.2, 0.25) is 0 Å². The zero-order chi connectivity index (χ0) is 24.5. The number of pyridine rings is 1. The molecule has 13 heteroatoms. The summed E-state index contributed by atoms with van der Waals surface area (Å²) in [6, 6.07) is 3.05. The Morgan fingerprint density at radius 1 is 1.23 bits per heavy atom. The molecule has 1 saturated heterocycles. The van der Waals surface area contributed by atoms with Gasteiger partial charge in [-0.25, -0.2) is 14.8 Å². The van der Waals surface area contributed by atoms with E-state index in [2.05, 4.69) is 25.9 Å². The summed E-state index contributed by atoms with van der Waals surface area (Å²) in [6.45, 7) is 2.40. The van der Waals surface area contributed by atoms with E-state index in [1.54, 1.807) is 28.5 Å². The van der Waals surface area contributed by atoms with Crippen molar-refractivity contribution in [3.8, 4) is 0 Å². The van der Waals surface area contributed by atoms with E-state index < -0.39 is 11.8 Å². The van der Waals surface area contributed by atoms with Crippen molar-refractivity contribution < 1.29 is 19.5 Å². The number of aryl methyl sites for hydroxylation is 1. The molecule has 2 fully saturated rings. The molecule has 3 aromatic heterocycles. The Morgan fingerprint density at radius 3 is 2.69 bits per heavy atom. The van der Waals surface area contributed by atoms with E-state index in [-0.39, 0.29) is 23.4 Å². The van der Waals surface area contributed by atoms with Gasteiger partial charge < -0.3 is 26.0 Å². The second kappa shape index (κ2) is 7.50. The average Bonchev–Trinajstić information content (AvgIpc) is 3.33. The first kappa shape index (κ1) is 21.5.